The number of carbonyl (C=O) groups excluding carboxylic acids is 2. The normalized spacial score (nSPS) is 25.9. The Kier molecular flexibility index (Phi) is 2.09. The van der Waals surface area contributed by atoms with Gasteiger partial charge in [0.1, 0.15) is 7.28 Å². The number of carbonyl (C=O) groups is 2. The lowest BCUT2D eigenvalue weighted by Crippen LogP contribution is -2.26. The van der Waals surface area contributed by atoms with Gasteiger partial charge in [-0.25, -0.2) is 0 Å². The molecule has 53 valence electrons. The van der Waals surface area contributed by atoms with Crippen LogP contribution >= 0.6 is 0 Å². The molecule has 1 rings (SSSR count). The van der Waals surface area contributed by atoms with E-state index in [0.29, 0.717) is 12.8 Å². The van der Waals surface area contributed by atoms with Crippen LogP contribution in [-0.4, -0.2) is 19.2 Å². The van der Waals surface area contributed by atoms with Gasteiger partial charge in [-0.15, -0.1) is 0 Å². The summed E-state index contributed by atoms with van der Waals surface area (Å²) in [4.78, 5) is 21.2. The Labute approximate surface area is 60.0 Å². The van der Waals surface area contributed by atoms with Crippen molar-refractivity contribution < 1.29 is 14.3 Å². The molecule has 0 spiro atoms. The number of esters is 2. The summed E-state index contributed by atoms with van der Waals surface area (Å²) in [7, 11) is 1.76. The van der Waals surface area contributed by atoms with Crippen molar-refractivity contribution in [3.8, 4) is 0 Å². The van der Waals surface area contributed by atoms with Gasteiger partial charge >= 0.3 is 11.9 Å². The van der Waals surface area contributed by atoms with Crippen LogP contribution in [0.5, 0.6) is 0 Å². The first-order valence-electron chi connectivity index (χ1n) is 3.28. The molecule has 1 atom stereocenters. The van der Waals surface area contributed by atoms with Crippen molar-refractivity contribution in [2.24, 2.45) is 0 Å². The van der Waals surface area contributed by atoms with Gasteiger partial charge in [0.2, 0.25) is 0 Å². The fourth-order valence-electron chi connectivity index (χ4n) is 0.933. The van der Waals surface area contributed by atoms with Crippen LogP contribution in [-0.2, 0) is 14.3 Å². The van der Waals surface area contributed by atoms with Crippen LogP contribution in [0.4, 0.5) is 0 Å². The molecule has 1 radical (unpaired) electrons. The Morgan fingerprint density at radius 3 is 2.80 bits per heavy atom. The van der Waals surface area contributed by atoms with E-state index in [0.717, 1.165) is 0 Å². The van der Waals surface area contributed by atoms with Gasteiger partial charge in [0.15, 0.2) is 0 Å². The van der Waals surface area contributed by atoms with Gasteiger partial charge in [0, 0.05) is 12.2 Å². The van der Waals surface area contributed by atoms with E-state index in [4.69, 9.17) is 0 Å². The van der Waals surface area contributed by atoms with Crippen molar-refractivity contribution in [3.63, 3.8) is 0 Å². The maximum Gasteiger partial charge on any atom is 0.313 e. The van der Waals surface area contributed by atoms with Gasteiger partial charge in [0.25, 0.3) is 0 Å². The van der Waals surface area contributed by atoms with Gasteiger partial charge in [-0.2, -0.15) is 0 Å². The van der Waals surface area contributed by atoms with E-state index in [-0.39, 0.29) is 5.82 Å². The third kappa shape index (κ3) is 1.37. The molecule has 0 aromatic carbocycles. The zero-order chi connectivity index (χ0) is 7.56. The van der Waals surface area contributed by atoms with Crippen molar-refractivity contribution in [1.82, 2.24) is 0 Å². The second-order valence-electron chi connectivity index (χ2n) is 2.27. The Morgan fingerprint density at radius 2 is 2.30 bits per heavy atom. The third-order valence-electron chi connectivity index (χ3n) is 1.58. The predicted octanol–water partition coefficient (Wildman–Crippen LogP) is 0.391. The summed E-state index contributed by atoms with van der Waals surface area (Å²) in [5, 5.41) is 0. The third-order valence-corrected chi connectivity index (χ3v) is 1.58. The highest BCUT2D eigenvalue weighted by atomic mass is 16.6. The zero-order valence-corrected chi connectivity index (χ0v) is 5.79. The molecule has 0 bridgehead atoms. The highest BCUT2D eigenvalue weighted by Crippen LogP contribution is 2.19. The standard InChI is InChI=1S/C6H8BO3/c1-7-4-2-3-5(8)10-6(4)9/h4H,2-3H2,1H3. The molecular formula is C6H8BO3. The average molecular weight is 139 g/mol. The minimum atomic E-state index is -0.404. The van der Waals surface area contributed by atoms with Crippen LogP contribution in [0, 0.1) is 0 Å². The van der Waals surface area contributed by atoms with Gasteiger partial charge in [-0.05, 0) is 6.42 Å². The van der Waals surface area contributed by atoms with E-state index in [1.807, 2.05) is 0 Å². The maximum absolute atomic E-state index is 10.8. The average Bonchev–Trinajstić information content (AvgIpc) is 1.88. The molecule has 10 heavy (non-hydrogen) atoms. The summed E-state index contributed by atoms with van der Waals surface area (Å²) in [6.07, 6.45) is 0.967. The molecule has 4 heteroatoms. The Morgan fingerprint density at radius 1 is 1.60 bits per heavy atom. The quantitative estimate of drug-likeness (QED) is 0.299. The van der Waals surface area contributed by atoms with E-state index < -0.39 is 11.9 Å². The molecule has 0 saturated carbocycles. The van der Waals surface area contributed by atoms with E-state index in [2.05, 4.69) is 4.74 Å². The van der Waals surface area contributed by atoms with Crippen molar-refractivity contribution in [2.75, 3.05) is 0 Å². The topological polar surface area (TPSA) is 43.4 Å². The Bertz CT molecular complexity index is 166. The number of hydrogen-bond acceptors (Lipinski definition) is 3. The minimum absolute atomic E-state index is 0.169. The second-order valence-corrected chi connectivity index (χ2v) is 2.27. The van der Waals surface area contributed by atoms with E-state index in [1.54, 1.807) is 14.1 Å². The molecular weight excluding hydrogens is 131 g/mol. The highest BCUT2D eigenvalue weighted by molar-refractivity contribution is 6.42. The molecule has 1 heterocycles. The fraction of sp³-hybridized carbons (Fsp3) is 0.667. The van der Waals surface area contributed by atoms with Crippen LogP contribution in [0.1, 0.15) is 12.8 Å². The summed E-state index contributed by atoms with van der Waals surface area (Å²) in [6.45, 7) is 1.79. The number of ether oxygens (including phenoxy) is 1. The first-order valence-corrected chi connectivity index (χ1v) is 3.28. The van der Waals surface area contributed by atoms with E-state index in [9.17, 15) is 9.59 Å². The monoisotopic (exact) mass is 139 g/mol. The van der Waals surface area contributed by atoms with Crippen LogP contribution < -0.4 is 0 Å². The van der Waals surface area contributed by atoms with Crippen molar-refractivity contribution in [3.05, 3.63) is 0 Å². The summed E-state index contributed by atoms with van der Waals surface area (Å²) in [5.41, 5.74) is 0. The lowest BCUT2D eigenvalue weighted by atomic mass is 9.64. The summed E-state index contributed by atoms with van der Waals surface area (Å²) >= 11 is 0. The van der Waals surface area contributed by atoms with Gasteiger partial charge in [-0.3, -0.25) is 9.59 Å². The van der Waals surface area contributed by atoms with Crippen molar-refractivity contribution >= 4 is 19.2 Å². The second kappa shape index (κ2) is 2.86. The van der Waals surface area contributed by atoms with Crippen LogP contribution in [0.2, 0.25) is 12.6 Å². The lowest BCUT2D eigenvalue weighted by molar-refractivity contribution is -0.163. The molecule has 1 aliphatic rings. The van der Waals surface area contributed by atoms with Crippen LogP contribution in [0.15, 0.2) is 0 Å². The highest BCUT2D eigenvalue weighted by Gasteiger charge is 2.27. The molecule has 3 nitrogen and oxygen atoms in total. The first-order chi connectivity index (χ1) is 4.74. The van der Waals surface area contributed by atoms with E-state index in [1.165, 1.54) is 0 Å². The van der Waals surface area contributed by atoms with Crippen LogP contribution in [0.25, 0.3) is 0 Å². The largest absolute Gasteiger partial charge is 0.393 e. The summed E-state index contributed by atoms with van der Waals surface area (Å²) < 4.78 is 4.38. The number of cyclic esters (lactones) is 2. The van der Waals surface area contributed by atoms with Crippen molar-refractivity contribution in [2.45, 2.75) is 25.5 Å². The SMILES string of the molecule is C[B]C1CCC(=O)OC1=O. The molecule has 1 aliphatic heterocycles. The minimum Gasteiger partial charge on any atom is -0.393 e. The predicted molar refractivity (Wildman–Crippen MR) is 35.7 cm³/mol. The molecule has 0 aromatic rings. The molecule has 1 fully saturated rings. The van der Waals surface area contributed by atoms with Gasteiger partial charge < -0.3 is 4.74 Å². The molecule has 0 N–H and O–H groups in total. The first kappa shape index (κ1) is 7.31. The number of rotatable bonds is 1. The molecule has 0 aromatic heterocycles. The smallest absolute Gasteiger partial charge is 0.313 e. The Balaban J connectivity index is 2.51. The molecule has 0 aliphatic carbocycles. The van der Waals surface area contributed by atoms with E-state index >= 15 is 0 Å². The van der Waals surface area contributed by atoms with Gasteiger partial charge in [0.05, 0.1) is 0 Å². The molecule has 0 amide bonds. The fourth-order valence-corrected chi connectivity index (χ4v) is 0.933. The number of hydrogen-bond donors (Lipinski definition) is 0. The van der Waals surface area contributed by atoms with Gasteiger partial charge in [-0.1, -0.05) is 6.82 Å². The summed E-state index contributed by atoms with van der Waals surface area (Å²) in [6, 6.07) is 0. The lowest BCUT2D eigenvalue weighted by Gasteiger charge is -2.16. The summed E-state index contributed by atoms with van der Waals surface area (Å²) in [5.74, 6) is -0.973. The Hall–Kier alpha value is -0.795. The van der Waals surface area contributed by atoms with Crippen LogP contribution in [0.3, 0.4) is 0 Å². The zero-order valence-electron chi connectivity index (χ0n) is 5.79. The molecule has 1 unspecified atom stereocenters. The molecule has 1 saturated heterocycles. The van der Waals surface area contributed by atoms with Crippen molar-refractivity contribution in [1.29, 1.82) is 0 Å². The maximum atomic E-state index is 10.8.